The summed E-state index contributed by atoms with van der Waals surface area (Å²) in [7, 11) is 1.63. The number of rotatable bonds is 7. The molecule has 0 aliphatic carbocycles. The predicted octanol–water partition coefficient (Wildman–Crippen LogP) is 6.30. The van der Waals surface area contributed by atoms with Gasteiger partial charge in [-0.3, -0.25) is 4.99 Å². The van der Waals surface area contributed by atoms with Crippen molar-refractivity contribution in [2.75, 3.05) is 25.3 Å². The van der Waals surface area contributed by atoms with Crippen LogP contribution in [0.4, 0.5) is 5.69 Å². The zero-order chi connectivity index (χ0) is 23.4. The van der Waals surface area contributed by atoms with Crippen molar-refractivity contribution in [2.45, 2.75) is 26.3 Å². The number of benzene rings is 3. The standard InChI is InChI=1S/C28H27ClN2O2/c1-5-14-33-23-11-13-26-24(16-23)28(22-9-7-21(8-10-22)19(2)3)30-18-31(26)17-20-6-12-25(29)27(15-20)32-4/h1,6-13,15-16,19H,14,17-18H2,2-4H3. The molecule has 0 aromatic heterocycles. The van der Waals surface area contributed by atoms with Crippen LogP contribution in [0, 0.1) is 12.3 Å². The molecule has 0 spiro atoms. The average Bonchev–Trinajstić information content (AvgIpc) is 2.84. The van der Waals surface area contributed by atoms with E-state index >= 15 is 0 Å². The van der Waals surface area contributed by atoms with Gasteiger partial charge in [-0.25, -0.2) is 0 Å². The van der Waals surface area contributed by atoms with Crippen molar-refractivity contribution in [2.24, 2.45) is 4.99 Å². The first-order valence-electron chi connectivity index (χ1n) is 10.9. The molecule has 168 valence electrons. The van der Waals surface area contributed by atoms with Gasteiger partial charge in [0.1, 0.15) is 24.8 Å². The first-order chi connectivity index (χ1) is 16.0. The van der Waals surface area contributed by atoms with E-state index in [1.807, 2.05) is 30.3 Å². The molecule has 1 aliphatic heterocycles. The van der Waals surface area contributed by atoms with Gasteiger partial charge in [0.2, 0.25) is 0 Å². The van der Waals surface area contributed by atoms with Crippen LogP contribution < -0.4 is 14.4 Å². The fourth-order valence-electron chi connectivity index (χ4n) is 3.94. The summed E-state index contributed by atoms with van der Waals surface area (Å²) in [5.74, 6) is 4.40. The predicted molar refractivity (Wildman–Crippen MR) is 136 cm³/mol. The highest BCUT2D eigenvalue weighted by atomic mass is 35.5. The summed E-state index contributed by atoms with van der Waals surface area (Å²) in [6.45, 7) is 5.84. The van der Waals surface area contributed by atoms with E-state index in [2.05, 4.69) is 55.0 Å². The molecular weight excluding hydrogens is 432 g/mol. The molecule has 4 nitrogen and oxygen atoms in total. The molecular formula is C28H27ClN2O2. The zero-order valence-corrected chi connectivity index (χ0v) is 19.9. The largest absolute Gasteiger partial charge is 0.495 e. The fraction of sp³-hybridized carbons (Fsp3) is 0.250. The number of aliphatic imine (C=N–C) groups is 1. The first-order valence-corrected chi connectivity index (χ1v) is 11.3. The third-order valence-electron chi connectivity index (χ3n) is 5.73. The molecule has 4 rings (SSSR count). The van der Waals surface area contributed by atoms with Crippen molar-refractivity contribution in [3.8, 4) is 23.8 Å². The van der Waals surface area contributed by atoms with Crippen molar-refractivity contribution >= 4 is 23.0 Å². The van der Waals surface area contributed by atoms with Gasteiger partial charge in [0, 0.05) is 23.4 Å². The van der Waals surface area contributed by atoms with Crippen LogP contribution in [0.2, 0.25) is 5.02 Å². The summed E-state index contributed by atoms with van der Waals surface area (Å²) < 4.78 is 11.1. The summed E-state index contributed by atoms with van der Waals surface area (Å²) in [6.07, 6.45) is 5.39. The van der Waals surface area contributed by atoms with Crippen molar-refractivity contribution in [1.82, 2.24) is 0 Å². The number of hydrogen-bond donors (Lipinski definition) is 0. The number of fused-ring (bicyclic) bond motifs is 1. The topological polar surface area (TPSA) is 34.1 Å². The molecule has 5 heteroatoms. The SMILES string of the molecule is C#CCOc1ccc2c(c1)C(c1ccc(C(C)C)cc1)=NCN2Cc1ccc(Cl)c(OC)c1. The maximum Gasteiger partial charge on any atom is 0.148 e. The van der Waals surface area contributed by atoms with Gasteiger partial charge < -0.3 is 14.4 Å². The van der Waals surface area contributed by atoms with Crippen LogP contribution in [0.1, 0.15) is 42.0 Å². The highest BCUT2D eigenvalue weighted by Gasteiger charge is 2.23. The lowest BCUT2D eigenvalue weighted by Crippen LogP contribution is -2.29. The number of anilines is 1. The van der Waals surface area contributed by atoms with E-state index in [0.717, 1.165) is 33.8 Å². The van der Waals surface area contributed by atoms with Crippen molar-refractivity contribution in [3.05, 3.63) is 87.9 Å². The normalized spacial score (nSPS) is 12.7. The Morgan fingerprint density at radius 2 is 1.88 bits per heavy atom. The molecule has 33 heavy (non-hydrogen) atoms. The summed E-state index contributed by atoms with van der Waals surface area (Å²) >= 11 is 6.21. The Hall–Kier alpha value is -3.42. The van der Waals surface area contributed by atoms with E-state index in [9.17, 15) is 0 Å². The van der Waals surface area contributed by atoms with Crippen molar-refractivity contribution in [3.63, 3.8) is 0 Å². The maximum atomic E-state index is 6.21. The molecule has 0 fully saturated rings. The second-order valence-corrected chi connectivity index (χ2v) is 8.67. The molecule has 0 saturated heterocycles. The molecule has 0 atom stereocenters. The number of hydrogen-bond acceptors (Lipinski definition) is 4. The lowest BCUT2D eigenvalue weighted by atomic mass is 9.95. The van der Waals surface area contributed by atoms with Crippen LogP contribution >= 0.6 is 11.6 Å². The van der Waals surface area contributed by atoms with E-state index < -0.39 is 0 Å². The van der Waals surface area contributed by atoms with Crippen LogP contribution in [-0.4, -0.2) is 26.1 Å². The number of ether oxygens (including phenoxy) is 2. The minimum atomic E-state index is 0.225. The third kappa shape index (κ3) is 4.99. The number of nitrogens with zero attached hydrogens (tertiary/aromatic N) is 2. The highest BCUT2D eigenvalue weighted by Crippen LogP contribution is 2.34. The molecule has 3 aromatic carbocycles. The second kappa shape index (κ2) is 10.0. The second-order valence-electron chi connectivity index (χ2n) is 8.26. The van der Waals surface area contributed by atoms with E-state index in [0.29, 0.717) is 29.9 Å². The van der Waals surface area contributed by atoms with Gasteiger partial charge in [0.25, 0.3) is 0 Å². The van der Waals surface area contributed by atoms with E-state index in [1.165, 1.54) is 5.56 Å². The molecule has 0 amide bonds. The van der Waals surface area contributed by atoms with Gasteiger partial charge in [-0.1, -0.05) is 61.7 Å². The van der Waals surface area contributed by atoms with Crippen LogP contribution in [0.15, 0.2) is 65.7 Å². The molecule has 0 N–H and O–H groups in total. The van der Waals surface area contributed by atoms with E-state index in [4.69, 9.17) is 32.5 Å². The fourth-order valence-corrected chi connectivity index (χ4v) is 4.14. The quantitative estimate of drug-likeness (QED) is 0.389. The van der Waals surface area contributed by atoms with Gasteiger partial charge in [0.15, 0.2) is 0 Å². The van der Waals surface area contributed by atoms with Crippen LogP contribution in [0.25, 0.3) is 0 Å². The van der Waals surface area contributed by atoms with Gasteiger partial charge in [-0.05, 0) is 47.4 Å². The summed E-state index contributed by atoms with van der Waals surface area (Å²) in [6, 6.07) is 20.5. The van der Waals surface area contributed by atoms with Gasteiger partial charge in [-0.2, -0.15) is 0 Å². The molecule has 0 radical (unpaired) electrons. The van der Waals surface area contributed by atoms with Gasteiger partial charge in [-0.15, -0.1) is 6.42 Å². The number of terminal acetylenes is 1. The monoisotopic (exact) mass is 458 g/mol. The molecule has 3 aromatic rings. The van der Waals surface area contributed by atoms with Gasteiger partial charge >= 0.3 is 0 Å². The highest BCUT2D eigenvalue weighted by molar-refractivity contribution is 6.32. The lowest BCUT2D eigenvalue weighted by Gasteiger charge is -2.31. The Kier molecular flexibility index (Phi) is 6.91. The van der Waals surface area contributed by atoms with Gasteiger partial charge in [0.05, 0.1) is 17.8 Å². The Labute approximate surface area is 200 Å². The van der Waals surface area contributed by atoms with Crippen LogP contribution in [0.5, 0.6) is 11.5 Å². The molecule has 0 unspecified atom stereocenters. The van der Waals surface area contributed by atoms with E-state index in [-0.39, 0.29) is 6.61 Å². The van der Waals surface area contributed by atoms with Crippen molar-refractivity contribution < 1.29 is 9.47 Å². The lowest BCUT2D eigenvalue weighted by molar-refractivity contribution is 0.370. The summed E-state index contributed by atoms with van der Waals surface area (Å²) in [4.78, 5) is 7.20. The first kappa shape index (κ1) is 22.8. The number of halogens is 1. The molecule has 1 heterocycles. The van der Waals surface area contributed by atoms with Crippen LogP contribution in [-0.2, 0) is 6.54 Å². The minimum absolute atomic E-state index is 0.225. The third-order valence-corrected chi connectivity index (χ3v) is 6.04. The Balaban J connectivity index is 1.70. The Bertz CT molecular complexity index is 1210. The van der Waals surface area contributed by atoms with Crippen LogP contribution in [0.3, 0.4) is 0 Å². The van der Waals surface area contributed by atoms with E-state index in [1.54, 1.807) is 7.11 Å². The minimum Gasteiger partial charge on any atom is -0.495 e. The molecule has 0 saturated carbocycles. The van der Waals surface area contributed by atoms with Crippen molar-refractivity contribution in [1.29, 1.82) is 0 Å². The summed E-state index contributed by atoms with van der Waals surface area (Å²) in [5, 5.41) is 0.598. The zero-order valence-electron chi connectivity index (χ0n) is 19.1. The molecule has 1 aliphatic rings. The smallest absolute Gasteiger partial charge is 0.148 e. The summed E-state index contributed by atoms with van der Waals surface area (Å²) in [5.41, 5.74) is 6.55. The number of methoxy groups -OCH3 is 1. The average molecular weight is 459 g/mol. The molecule has 0 bridgehead atoms. The Morgan fingerprint density at radius 3 is 2.58 bits per heavy atom. The Morgan fingerprint density at radius 1 is 1.09 bits per heavy atom. The maximum absolute atomic E-state index is 6.21.